The lowest BCUT2D eigenvalue weighted by molar-refractivity contribution is -0.126. The minimum absolute atomic E-state index is 0.00905. The van der Waals surface area contributed by atoms with E-state index in [2.05, 4.69) is 0 Å². The minimum Gasteiger partial charge on any atom is -0.449 e. The molecule has 0 aliphatic carbocycles. The zero-order valence-corrected chi connectivity index (χ0v) is 15.2. The lowest BCUT2D eigenvalue weighted by Crippen LogP contribution is -2.37. The number of hydrogen-bond donors (Lipinski definition) is 0. The molecular formula is C17H14Cl3NO3. The Kier molecular flexibility index (Phi) is 6.10. The van der Waals surface area contributed by atoms with Crippen molar-refractivity contribution in [3.05, 3.63) is 63.1 Å². The second-order valence-electron chi connectivity index (χ2n) is 5.00. The van der Waals surface area contributed by atoms with Gasteiger partial charge in [-0.3, -0.25) is 4.79 Å². The number of likely N-dealkylation sites (N-methyl/N-ethyl adjacent to an activating group) is 1. The van der Waals surface area contributed by atoms with Crippen LogP contribution in [0.3, 0.4) is 0 Å². The van der Waals surface area contributed by atoms with Crippen molar-refractivity contribution in [2.75, 3.05) is 11.9 Å². The van der Waals surface area contributed by atoms with Crippen LogP contribution in [-0.2, 0) is 9.53 Å². The first-order chi connectivity index (χ1) is 11.3. The van der Waals surface area contributed by atoms with E-state index in [4.69, 9.17) is 39.5 Å². The molecule has 2 rings (SSSR count). The van der Waals surface area contributed by atoms with Crippen LogP contribution < -0.4 is 4.90 Å². The SMILES string of the molecule is CC(OC(=O)c1c(Cl)ccc(Cl)c1Cl)C(=O)N(C)c1ccccc1. The van der Waals surface area contributed by atoms with Gasteiger partial charge in [-0.15, -0.1) is 0 Å². The van der Waals surface area contributed by atoms with E-state index in [0.717, 1.165) is 0 Å². The van der Waals surface area contributed by atoms with Crippen molar-refractivity contribution in [1.82, 2.24) is 0 Å². The third kappa shape index (κ3) is 4.01. The first-order valence-electron chi connectivity index (χ1n) is 7.00. The molecule has 7 heteroatoms. The highest BCUT2D eigenvalue weighted by atomic mass is 35.5. The molecule has 0 bridgehead atoms. The van der Waals surface area contributed by atoms with Crippen molar-refractivity contribution in [2.45, 2.75) is 13.0 Å². The van der Waals surface area contributed by atoms with Gasteiger partial charge in [0.05, 0.1) is 20.6 Å². The van der Waals surface area contributed by atoms with E-state index in [-0.39, 0.29) is 26.5 Å². The summed E-state index contributed by atoms with van der Waals surface area (Å²) in [7, 11) is 1.60. The van der Waals surface area contributed by atoms with Crippen molar-refractivity contribution in [1.29, 1.82) is 0 Å². The van der Waals surface area contributed by atoms with Crippen LogP contribution in [0.5, 0.6) is 0 Å². The number of hydrogen-bond acceptors (Lipinski definition) is 3. The van der Waals surface area contributed by atoms with Gasteiger partial charge in [-0.2, -0.15) is 0 Å². The maximum absolute atomic E-state index is 12.4. The molecule has 0 saturated carbocycles. The summed E-state index contributed by atoms with van der Waals surface area (Å²) in [5.74, 6) is -1.20. The molecule has 0 heterocycles. The quantitative estimate of drug-likeness (QED) is 0.557. The van der Waals surface area contributed by atoms with Gasteiger partial charge in [0.1, 0.15) is 0 Å². The Morgan fingerprint density at radius 1 is 1.00 bits per heavy atom. The molecule has 0 radical (unpaired) electrons. The minimum atomic E-state index is -1.02. The van der Waals surface area contributed by atoms with E-state index in [0.29, 0.717) is 5.69 Å². The molecule has 126 valence electrons. The number of anilines is 1. The molecule has 1 unspecified atom stereocenters. The van der Waals surface area contributed by atoms with Gasteiger partial charge in [0, 0.05) is 12.7 Å². The Bertz CT molecular complexity index is 765. The summed E-state index contributed by atoms with van der Waals surface area (Å²) in [4.78, 5) is 26.1. The van der Waals surface area contributed by atoms with E-state index >= 15 is 0 Å². The Morgan fingerprint density at radius 2 is 1.58 bits per heavy atom. The molecule has 2 aromatic carbocycles. The summed E-state index contributed by atoms with van der Waals surface area (Å²) < 4.78 is 5.20. The molecule has 4 nitrogen and oxygen atoms in total. The fraction of sp³-hybridized carbons (Fsp3) is 0.176. The molecule has 0 aromatic heterocycles. The first kappa shape index (κ1) is 18.6. The van der Waals surface area contributed by atoms with Crippen LogP contribution >= 0.6 is 34.8 Å². The Labute approximate surface area is 154 Å². The van der Waals surface area contributed by atoms with Gasteiger partial charge in [-0.05, 0) is 31.2 Å². The molecule has 0 aliphatic rings. The third-order valence-electron chi connectivity index (χ3n) is 3.35. The van der Waals surface area contributed by atoms with Gasteiger partial charge in [0.15, 0.2) is 6.10 Å². The van der Waals surface area contributed by atoms with Crippen LogP contribution in [0.15, 0.2) is 42.5 Å². The fourth-order valence-electron chi connectivity index (χ4n) is 2.04. The average Bonchev–Trinajstić information content (AvgIpc) is 2.58. The van der Waals surface area contributed by atoms with Gasteiger partial charge in [-0.1, -0.05) is 53.0 Å². The van der Waals surface area contributed by atoms with Gasteiger partial charge < -0.3 is 9.64 Å². The summed E-state index contributed by atoms with van der Waals surface area (Å²) >= 11 is 17.9. The molecule has 0 spiro atoms. The number of nitrogens with zero attached hydrogens (tertiary/aromatic N) is 1. The van der Waals surface area contributed by atoms with Crippen molar-refractivity contribution >= 4 is 52.4 Å². The number of benzene rings is 2. The second kappa shape index (κ2) is 7.88. The predicted octanol–water partition coefficient (Wildman–Crippen LogP) is 4.86. The van der Waals surface area contributed by atoms with Crippen LogP contribution in [-0.4, -0.2) is 25.0 Å². The van der Waals surface area contributed by atoms with Gasteiger partial charge in [-0.25, -0.2) is 4.79 Å². The topological polar surface area (TPSA) is 46.6 Å². The largest absolute Gasteiger partial charge is 0.449 e. The number of para-hydroxylation sites is 1. The molecule has 1 atom stereocenters. The Hall–Kier alpha value is -1.75. The first-order valence-corrected chi connectivity index (χ1v) is 8.13. The summed E-state index contributed by atoms with van der Waals surface area (Å²) in [5, 5.41) is 0.268. The van der Waals surface area contributed by atoms with E-state index in [9.17, 15) is 9.59 Å². The number of amides is 1. The number of ether oxygens (including phenoxy) is 1. The van der Waals surface area contributed by atoms with Crippen molar-refractivity contribution in [3.63, 3.8) is 0 Å². The van der Waals surface area contributed by atoms with Crippen LogP contribution in [0.4, 0.5) is 5.69 Å². The highest BCUT2D eigenvalue weighted by molar-refractivity contribution is 6.46. The number of rotatable bonds is 4. The number of carbonyl (C=O) groups is 2. The summed E-state index contributed by atoms with van der Waals surface area (Å²) in [6.07, 6.45) is -1.02. The maximum atomic E-state index is 12.4. The number of esters is 1. The van der Waals surface area contributed by atoms with E-state index in [1.807, 2.05) is 6.07 Å². The zero-order chi connectivity index (χ0) is 17.9. The molecule has 2 aromatic rings. The molecular weight excluding hydrogens is 373 g/mol. The smallest absolute Gasteiger partial charge is 0.342 e. The van der Waals surface area contributed by atoms with Crippen LogP contribution in [0.25, 0.3) is 0 Å². The maximum Gasteiger partial charge on any atom is 0.342 e. The standard InChI is InChI=1S/C17H14Cl3NO3/c1-10(16(22)21(2)11-6-4-3-5-7-11)24-17(23)14-12(18)8-9-13(19)15(14)20/h3-10H,1-2H3. The molecule has 0 N–H and O–H groups in total. The molecule has 0 aliphatic heterocycles. The normalized spacial score (nSPS) is 11.7. The highest BCUT2D eigenvalue weighted by Crippen LogP contribution is 2.32. The number of carbonyl (C=O) groups excluding carboxylic acids is 2. The van der Waals surface area contributed by atoms with Crippen molar-refractivity contribution < 1.29 is 14.3 Å². The Morgan fingerprint density at radius 3 is 2.21 bits per heavy atom. The van der Waals surface area contributed by atoms with Crippen molar-refractivity contribution in [3.8, 4) is 0 Å². The fourth-order valence-corrected chi connectivity index (χ4v) is 2.72. The Balaban J connectivity index is 2.15. The third-order valence-corrected chi connectivity index (χ3v) is 4.47. The second-order valence-corrected chi connectivity index (χ2v) is 6.19. The van der Waals surface area contributed by atoms with Crippen LogP contribution in [0, 0.1) is 0 Å². The molecule has 0 fully saturated rings. The highest BCUT2D eigenvalue weighted by Gasteiger charge is 2.26. The van der Waals surface area contributed by atoms with Crippen molar-refractivity contribution in [2.24, 2.45) is 0 Å². The molecule has 1 amide bonds. The summed E-state index contributed by atoms with van der Waals surface area (Å²) in [6.45, 7) is 1.48. The molecule has 24 heavy (non-hydrogen) atoms. The zero-order valence-electron chi connectivity index (χ0n) is 12.9. The lowest BCUT2D eigenvalue weighted by atomic mass is 10.2. The molecule has 0 saturated heterocycles. The summed E-state index contributed by atoms with van der Waals surface area (Å²) in [6, 6.07) is 11.9. The van der Waals surface area contributed by atoms with Gasteiger partial charge in [0.2, 0.25) is 0 Å². The van der Waals surface area contributed by atoms with E-state index in [1.54, 1.807) is 31.3 Å². The monoisotopic (exact) mass is 385 g/mol. The number of halogens is 3. The lowest BCUT2D eigenvalue weighted by Gasteiger charge is -2.22. The van der Waals surface area contributed by atoms with Crippen LogP contribution in [0.1, 0.15) is 17.3 Å². The van der Waals surface area contributed by atoms with E-state index in [1.165, 1.54) is 24.0 Å². The average molecular weight is 387 g/mol. The predicted molar refractivity (Wildman–Crippen MR) is 96.2 cm³/mol. The van der Waals surface area contributed by atoms with Gasteiger partial charge in [0.25, 0.3) is 5.91 Å². The summed E-state index contributed by atoms with van der Waals surface area (Å²) in [5.41, 5.74) is 0.622. The van der Waals surface area contributed by atoms with Gasteiger partial charge >= 0.3 is 5.97 Å². The van der Waals surface area contributed by atoms with E-state index < -0.39 is 12.1 Å². The van der Waals surface area contributed by atoms with Crippen LogP contribution in [0.2, 0.25) is 15.1 Å².